The predicted molar refractivity (Wildman–Crippen MR) is 106 cm³/mol. The number of piperidine rings is 1. The quantitative estimate of drug-likeness (QED) is 0.715. The lowest BCUT2D eigenvalue weighted by Crippen LogP contribution is -2.51. The van der Waals surface area contributed by atoms with Crippen molar-refractivity contribution in [3.63, 3.8) is 0 Å². The van der Waals surface area contributed by atoms with Gasteiger partial charge in [-0.25, -0.2) is 14.6 Å². The maximum Gasteiger partial charge on any atom is 0.225 e. The minimum Gasteiger partial charge on any atom is -0.372 e. The van der Waals surface area contributed by atoms with E-state index in [2.05, 4.69) is 35.9 Å². The fraction of sp³-hybridized carbons (Fsp3) is 0.667. The molecule has 2 aliphatic heterocycles. The summed E-state index contributed by atoms with van der Waals surface area (Å²) in [5.41, 5.74) is 0.807. The monoisotopic (exact) mass is 436 g/mol. The average Bonchev–Trinajstić information content (AvgIpc) is 2.95. The summed E-state index contributed by atoms with van der Waals surface area (Å²) in [7, 11) is 1.87. The largest absolute Gasteiger partial charge is 0.372 e. The molecule has 146 valence electrons. The van der Waals surface area contributed by atoms with E-state index in [1.165, 1.54) is 0 Å². The van der Waals surface area contributed by atoms with E-state index in [4.69, 9.17) is 4.74 Å². The Morgan fingerprint density at radius 3 is 2.52 bits per heavy atom. The topological polar surface area (TPSA) is 76.4 Å². The first-order chi connectivity index (χ1) is 12.9. The van der Waals surface area contributed by atoms with Gasteiger partial charge in [0.05, 0.1) is 17.6 Å². The molecule has 8 nitrogen and oxygen atoms in total. The molecule has 4 rings (SSSR count). The molecule has 0 spiro atoms. The van der Waals surface area contributed by atoms with Crippen LogP contribution in [0.1, 0.15) is 26.7 Å². The maximum absolute atomic E-state index is 13.0. The number of hydrogen-bond donors (Lipinski definition) is 0. The molecule has 2 aliphatic rings. The maximum atomic E-state index is 13.0. The van der Waals surface area contributed by atoms with Gasteiger partial charge in [-0.2, -0.15) is 5.10 Å². The fourth-order valence-electron chi connectivity index (χ4n) is 4.22. The van der Waals surface area contributed by atoms with Crippen LogP contribution >= 0.6 is 15.9 Å². The number of halogens is 1. The molecule has 9 heteroatoms. The van der Waals surface area contributed by atoms with Crippen molar-refractivity contribution in [1.82, 2.24) is 24.6 Å². The Labute approximate surface area is 167 Å². The van der Waals surface area contributed by atoms with Gasteiger partial charge in [0.1, 0.15) is 16.7 Å². The molecule has 0 radical (unpaired) electrons. The highest BCUT2D eigenvalue weighted by Crippen LogP contribution is 2.32. The Bertz CT molecular complexity index is 838. The fourth-order valence-corrected chi connectivity index (χ4v) is 4.81. The first-order valence-electron chi connectivity index (χ1n) is 9.46. The Morgan fingerprint density at radius 2 is 1.85 bits per heavy atom. The molecule has 0 bridgehead atoms. The van der Waals surface area contributed by atoms with Crippen LogP contribution in [0.5, 0.6) is 0 Å². The van der Waals surface area contributed by atoms with Crippen LogP contribution in [0.4, 0.5) is 5.82 Å². The number of fused-ring (bicyclic) bond motifs is 1. The molecule has 2 unspecified atom stereocenters. The molecular formula is C18H25BrN6O2. The van der Waals surface area contributed by atoms with Gasteiger partial charge < -0.3 is 14.5 Å². The molecule has 27 heavy (non-hydrogen) atoms. The molecule has 2 fully saturated rings. The number of aromatic nitrogens is 4. The van der Waals surface area contributed by atoms with Crippen LogP contribution in [0.25, 0.3) is 11.0 Å². The highest BCUT2D eigenvalue weighted by Gasteiger charge is 2.33. The number of anilines is 1. The first-order valence-corrected chi connectivity index (χ1v) is 10.3. The van der Waals surface area contributed by atoms with Crippen molar-refractivity contribution in [2.75, 3.05) is 31.1 Å². The second-order valence-corrected chi connectivity index (χ2v) is 8.32. The summed E-state index contributed by atoms with van der Waals surface area (Å²) in [5, 5.41) is 5.33. The summed E-state index contributed by atoms with van der Waals surface area (Å²) in [4.78, 5) is 26.0. The number of rotatable bonds is 2. The molecule has 2 saturated heterocycles. The van der Waals surface area contributed by atoms with Crippen LogP contribution in [-0.4, -0.2) is 68.9 Å². The lowest BCUT2D eigenvalue weighted by Gasteiger charge is -2.39. The smallest absolute Gasteiger partial charge is 0.225 e. The summed E-state index contributed by atoms with van der Waals surface area (Å²) in [6, 6.07) is 0. The van der Waals surface area contributed by atoms with Crippen LogP contribution in [-0.2, 0) is 16.6 Å². The van der Waals surface area contributed by atoms with Crippen molar-refractivity contribution in [3.8, 4) is 0 Å². The van der Waals surface area contributed by atoms with Gasteiger partial charge in [-0.1, -0.05) is 0 Å². The van der Waals surface area contributed by atoms with Gasteiger partial charge in [-0.15, -0.1) is 0 Å². The Hall–Kier alpha value is -1.74. The number of carbonyl (C=O) groups excluding carboxylic acids is 1. The van der Waals surface area contributed by atoms with Crippen LogP contribution in [0, 0.1) is 5.92 Å². The van der Waals surface area contributed by atoms with Crippen LogP contribution in [0.2, 0.25) is 0 Å². The normalized spacial score (nSPS) is 24.6. The van der Waals surface area contributed by atoms with Gasteiger partial charge in [0.2, 0.25) is 5.91 Å². The molecule has 2 atom stereocenters. The van der Waals surface area contributed by atoms with Crippen molar-refractivity contribution in [2.24, 2.45) is 13.0 Å². The van der Waals surface area contributed by atoms with Crippen LogP contribution < -0.4 is 4.90 Å². The van der Waals surface area contributed by atoms with Gasteiger partial charge in [0.25, 0.3) is 0 Å². The summed E-state index contributed by atoms with van der Waals surface area (Å²) < 4.78 is 8.26. The molecule has 0 aliphatic carbocycles. The number of morpholine rings is 1. The van der Waals surface area contributed by atoms with E-state index >= 15 is 0 Å². The minimum absolute atomic E-state index is 0.0772. The van der Waals surface area contributed by atoms with Gasteiger partial charge in [-0.3, -0.25) is 4.79 Å². The zero-order valence-electron chi connectivity index (χ0n) is 15.9. The third-order valence-corrected chi connectivity index (χ3v) is 5.99. The molecule has 0 N–H and O–H groups in total. The third kappa shape index (κ3) is 3.54. The molecule has 4 heterocycles. The van der Waals surface area contributed by atoms with E-state index < -0.39 is 0 Å². The molecule has 2 aromatic rings. The molecular weight excluding hydrogens is 412 g/mol. The zero-order valence-corrected chi connectivity index (χ0v) is 17.5. The van der Waals surface area contributed by atoms with Crippen molar-refractivity contribution < 1.29 is 9.53 Å². The number of amides is 1. The van der Waals surface area contributed by atoms with E-state index in [0.29, 0.717) is 13.1 Å². The van der Waals surface area contributed by atoms with E-state index in [9.17, 15) is 4.79 Å². The molecule has 0 aromatic carbocycles. The first kappa shape index (κ1) is 18.6. The van der Waals surface area contributed by atoms with Gasteiger partial charge in [0.15, 0.2) is 5.65 Å². The zero-order chi connectivity index (χ0) is 19.1. The predicted octanol–water partition coefficient (Wildman–Crippen LogP) is 1.98. The summed E-state index contributed by atoms with van der Waals surface area (Å²) in [6.45, 7) is 7.06. The number of carbonyl (C=O) groups is 1. The number of ether oxygens (including phenoxy) is 1. The summed E-state index contributed by atoms with van der Waals surface area (Å²) in [6.07, 6.45) is 3.47. The van der Waals surface area contributed by atoms with Gasteiger partial charge in [-0.05, 0) is 42.6 Å². The highest BCUT2D eigenvalue weighted by atomic mass is 79.9. The summed E-state index contributed by atoms with van der Waals surface area (Å²) in [5.74, 6) is 1.24. The number of aryl methyl sites for hydroxylation is 1. The lowest BCUT2D eigenvalue weighted by molar-refractivity contribution is -0.148. The Balaban J connectivity index is 1.46. The van der Waals surface area contributed by atoms with E-state index in [1.807, 2.05) is 25.8 Å². The second-order valence-electron chi connectivity index (χ2n) is 7.57. The van der Waals surface area contributed by atoms with Crippen molar-refractivity contribution >= 4 is 38.7 Å². The van der Waals surface area contributed by atoms with E-state index in [-0.39, 0.29) is 24.0 Å². The Morgan fingerprint density at radius 1 is 1.19 bits per heavy atom. The molecule has 2 aromatic heterocycles. The van der Waals surface area contributed by atoms with Crippen LogP contribution in [0.15, 0.2) is 10.9 Å². The highest BCUT2D eigenvalue weighted by molar-refractivity contribution is 9.10. The molecule has 0 saturated carbocycles. The van der Waals surface area contributed by atoms with Crippen molar-refractivity contribution in [1.29, 1.82) is 0 Å². The van der Waals surface area contributed by atoms with Gasteiger partial charge >= 0.3 is 0 Å². The van der Waals surface area contributed by atoms with Crippen LogP contribution in [0.3, 0.4) is 0 Å². The standard InChI is InChI=1S/C18H25BrN6O2/c1-11-8-25(9-12(2)27-11)18(26)13-4-6-24(7-5-13)17-14-15(19)22-23(3)16(14)20-10-21-17/h10-13H,4-9H2,1-3H3. The minimum atomic E-state index is 0.0772. The second kappa shape index (κ2) is 7.35. The third-order valence-electron chi connectivity index (χ3n) is 5.43. The number of nitrogens with zero attached hydrogens (tertiary/aromatic N) is 6. The molecule has 1 amide bonds. The Kier molecular flexibility index (Phi) is 5.07. The van der Waals surface area contributed by atoms with Gasteiger partial charge in [0, 0.05) is 39.1 Å². The van der Waals surface area contributed by atoms with E-state index in [1.54, 1.807) is 11.0 Å². The summed E-state index contributed by atoms with van der Waals surface area (Å²) >= 11 is 3.52. The van der Waals surface area contributed by atoms with E-state index in [0.717, 1.165) is 47.4 Å². The SMILES string of the molecule is CC1CN(C(=O)C2CCN(c3ncnc4c3c(Br)nn4C)CC2)CC(C)O1. The van der Waals surface area contributed by atoms with Crippen molar-refractivity contribution in [2.45, 2.75) is 38.9 Å². The average molecular weight is 437 g/mol. The van der Waals surface area contributed by atoms with Crippen molar-refractivity contribution in [3.05, 3.63) is 10.9 Å². The number of hydrogen-bond acceptors (Lipinski definition) is 6. The lowest BCUT2D eigenvalue weighted by atomic mass is 9.94.